The summed E-state index contributed by atoms with van der Waals surface area (Å²) < 4.78 is 18.7. The lowest BCUT2D eigenvalue weighted by atomic mass is 10.3. The summed E-state index contributed by atoms with van der Waals surface area (Å²) in [5.74, 6) is 0.244. The zero-order chi connectivity index (χ0) is 13.1. The molecule has 94 valence electrons. The molecule has 1 aromatic heterocycles. The van der Waals surface area contributed by atoms with E-state index >= 15 is 0 Å². The number of hydrogen-bond donors (Lipinski definition) is 1. The van der Waals surface area contributed by atoms with Crippen LogP contribution in [-0.2, 0) is 0 Å². The molecule has 2 aromatic rings. The summed E-state index contributed by atoms with van der Waals surface area (Å²) in [4.78, 5) is 8.11. The Labute approximate surface area is 116 Å². The van der Waals surface area contributed by atoms with Gasteiger partial charge in [-0.15, -0.1) is 0 Å². The Bertz CT molecular complexity index is 582. The van der Waals surface area contributed by atoms with Gasteiger partial charge < -0.3 is 10.1 Å². The largest absolute Gasteiger partial charge is 0.480 e. The van der Waals surface area contributed by atoms with Crippen LogP contribution >= 0.6 is 27.5 Å². The van der Waals surface area contributed by atoms with Gasteiger partial charge >= 0.3 is 0 Å². The minimum atomic E-state index is -0.397. The minimum Gasteiger partial charge on any atom is -0.480 e. The highest BCUT2D eigenvalue weighted by molar-refractivity contribution is 9.10. The molecule has 1 N–H and O–H groups in total. The normalized spacial score (nSPS) is 10.2. The van der Waals surface area contributed by atoms with Crippen molar-refractivity contribution in [2.75, 3.05) is 12.4 Å². The van der Waals surface area contributed by atoms with Crippen molar-refractivity contribution >= 4 is 39.2 Å². The molecule has 18 heavy (non-hydrogen) atoms. The second-order valence-corrected chi connectivity index (χ2v) is 4.56. The molecule has 0 unspecified atom stereocenters. The van der Waals surface area contributed by atoms with Crippen molar-refractivity contribution in [3.05, 3.63) is 39.7 Å². The number of aromatic nitrogens is 2. The van der Waals surface area contributed by atoms with Gasteiger partial charge in [0, 0.05) is 0 Å². The van der Waals surface area contributed by atoms with E-state index in [1.807, 2.05) is 0 Å². The number of halogens is 3. The van der Waals surface area contributed by atoms with Crippen LogP contribution in [0.15, 0.2) is 28.9 Å². The van der Waals surface area contributed by atoms with Crippen molar-refractivity contribution in [3.63, 3.8) is 0 Å². The summed E-state index contributed by atoms with van der Waals surface area (Å²) in [6, 6.07) is 3.99. The van der Waals surface area contributed by atoms with E-state index in [0.717, 1.165) is 0 Å². The number of anilines is 2. The highest BCUT2D eigenvalue weighted by Gasteiger charge is 2.08. The molecule has 4 nitrogen and oxygen atoms in total. The number of benzene rings is 1. The van der Waals surface area contributed by atoms with Crippen LogP contribution in [0.4, 0.5) is 16.0 Å². The van der Waals surface area contributed by atoms with E-state index in [1.54, 1.807) is 0 Å². The van der Waals surface area contributed by atoms with Crippen molar-refractivity contribution < 1.29 is 9.13 Å². The van der Waals surface area contributed by atoms with Crippen molar-refractivity contribution in [2.45, 2.75) is 0 Å². The summed E-state index contributed by atoms with van der Waals surface area (Å²) in [7, 11) is 1.49. The van der Waals surface area contributed by atoms with E-state index in [0.29, 0.717) is 21.1 Å². The van der Waals surface area contributed by atoms with Crippen molar-refractivity contribution in [1.29, 1.82) is 0 Å². The Hall–Kier alpha value is -1.40. The van der Waals surface area contributed by atoms with Gasteiger partial charge in [-0.2, -0.15) is 4.98 Å². The van der Waals surface area contributed by atoms with Crippen LogP contribution in [0.3, 0.4) is 0 Å². The first-order chi connectivity index (χ1) is 8.60. The van der Waals surface area contributed by atoms with Crippen LogP contribution < -0.4 is 10.1 Å². The second kappa shape index (κ2) is 5.49. The third-order valence-corrected chi connectivity index (χ3v) is 2.95. The predicted molar refractivity (Wildman–Crippen MR) is 71.0 cm³/mol. The van der Waals surface area contributed by atoms with Gasteiger partial charge in [0.15, 0.2) is 0 Å². The zero-order valence-electron chi connectivity index (χ0n) is 9.25. The molecule has 2 rings (SSSR count). The molecule has 0 saturated heterocycles. The van der Waals surface area contributed by atoms with Gasteiger partial charge in [-0.05, 0) is 34.1 Å². The average Bonchev–Trinajstić information content (AvgIpc) is 2.36. The third-order valence-electron chi connectivity index (χ3n) is 2.08. The SMILES string of the molecule is COc1nc(Nc2cc(F)ccc2Cl)ncc1Br. The Morgan fingerprint density at radius 2 is 2.22 bits per heavy atom. The lowest BCUT2D eigenvalue weighted by Gasteiger charge is -2.08. The summed E-state index contributed by atoms with van der Waals surface area (Å²) in [6.07, 6.45) is 1.53. The highest BCUT2D eigenvalue weighted by Crippen LogP contribution is 2.27. The van der Waals surface area contributed by atoms with Gasteiger partial charge in [0.05, 0.1) is 28.5 Å². The predicted octanol–water partition coefficient (Wildman–Crippen LogP) is 3.78. The van der Waals surface area contributed by atoms with Gasteiger partial charge in [-0.1, -0.05) is 11.6 Å². The van der Waals surface area contributed by atoms with E-state index in [4.69, 9.17) is 16.3 Å². The fourth-order valence-electron chi connectivity index (χ4n) is 1.27. The molecule has 0 saturated carbocycles. The first-order valence-electron chi connectivity index (χ1n) is 4.89. The first kappa shape index (κ1) is 13.0. The van der Waals surface area contributed by atoms with E-state index in [9.17, 15) is 4.39 Å². The molecule has 1 aromatic carbocycles. The van der Waals surface area contributed by atoms with Crippen molar-refractivity contribution in [2.24, 2.45) is 0 Å². The van der Waals surface area contributed by atoms with Crippen LogP contribution in [0.1, 0.15) is 0 Å². The molecule has 1 heterocycles. The number of nitrogens with one attached hydrogen (secondary N) is 1. The van der Waals surface area contributed by atoms with Gasteiger partial charge in [0.2, 0.25) is 11.8 Å². The van der Waals surface area contributed by atoms with Crippen LogP contribution in [0, 0.1) is 5.82 Å². The number of hydrogen-bond acceptors (Lipinski definition) is 4. The van der Waals surface area contributed by atoms with Crippen molar-refractivity contribution in [3.8, 4) is 5.88 Å². The Balaban J connectivity index is 2.31. The average molecular weight is 333 g/mol. The molecule has 0 aliphatic heterocycles. The maximum atomic E-state index is 13.1. The molecule has 7 heteroatoms. The number of ether oxygens (including phenoxy) is 1. The smallest absolute Gasteiger partial charge is 0.232 e. The Kier molecular flexibility index (Phi) is 3.98. The van der Waals surface area contributed by atoms with Gasteiger partial charge in [0.25, 0.3) is 0 Å². The van der Waals surface area contributed by atoms with E-state index in [2.05, 4.69) is 31.2 Å². The maximum absolute atomic E-state index is 13.1. The Morgan fingerprint density at radius 1 is 1.44 bits per heavy atom. The highest BCUT2D eigenvalue weighted by atomic mass is 79.9. The lowest BCUT2D eigenvalue weighted by molar-refractivity contribution is 0.394. The molecule has 0 aliphatic carbocycles. The topological polar surface area (TPSA) is 47.0 Å². The quantitative estimate of drug-likeness (QED) is 0.929. The van der Waals surface area contributed by atoms with Crippen LogP contribution in [-0.4, -0.2) is 17.1 Å². The standard InChI is InChI=1S/C11H8BrClFN3O/c1-18-10-7(12)5-15-11(17-10)16-9-4-6(14)2-3-8(9)13/h2-5H,1H3,(H,15,16,17). The first-order valence-corrected chi connectivity index (χ1v) is 6.06. The summed E-state index contributed by atoms with van der Waals surface area (Å²) in [5, 5.41) is 3.20. The summed E-state index contributed by atoms with van der Waals surface area (Å²) in [6.45, 7) is 0. The number of nitrogens with zero attached hydrogens (tertiary/aromatic N) is 2. The second-order valence-electron chi connectivity index (χ2n) is 3.30. The van der Waals surface area contributed by atoms with Gasteiger partial charge in [-0.25, -0.2) is 9.37 Å². The maximum Gasteiger partial charge on any atom is 0.232 e. The monoisotopic (exact) mass is 331 g/mol. The van der Waals surface area contributed by atoms with Crippen molar-refractivity contribution in [1.82, 2.24) is 9.97 Å². The van der Waals surface area contributed by atoms with Crippen LogP contribution in [0.25, 0.3) is 0 Å². The number of methoxy groups -OCH3 is 1. The fourth-order valence-corrected chi connectivity index (χ4v) is 1.79. The van der Waals surface area contributed by atoms with E-state index in [1.165, 1.54) is 31.5 Å². The zero-order valence-corrected chi connectivity index (χ0v) is 11.6. The van der Waals surface area contributed by atoms with Gasteiger partial charge in [0.1, 0.15) is 5.82 Å². The van der Waals surface area contributed by atoms with Crippen LogP contribution in [0.2, 0.25) is 5.02 Å². The molecule has 0 atom stereocenters. The van der Waals surface area contributed by atoms with Crippen LogP contribution in [0.5, 0.6) is 5.88 Å². The molecule has 0 spiro atoms. The number of rotatable bonds is 3. The molecule has 0 amide bonds. The van der Waals surface area contributed by atoms with Gasteiger partial charge in [-0.3, -0.25) is 0 Å². The summed E-state index contributed by atoms with van der Waals surface area (Å²) in [5.41, 5.74) is 0.390. The molecular formula is C11H8BrClFN3O. The van der Waals surface area contributed by atoms with E-state index < -0.39 is 5.82 Å². The Morgan fingerprint density at radius 3 is 2.94 bits per heavy atom. The fraction of sp³-hybridized carbons (Fsp3) is 0.0909. The molecular weight excluding hydrogens is 324 g/mol. The van der Waals surface area contributed by atoms with E-state index in [-0.39, 0.29) is 5.95 Å². The molecule has 0 aliphatic rings. The summed E-state index contributed by atoms with van der Waals surface area (Å²) >= 11 is 9.16. The molecule has 0 radical (unpaired) electrons. The third kappa shape index (κ3) is 2.88. The molecule has 0 fully saturated rings. The molecule has 0 bridgehead atoms. The lowest BCUT2D eigenvalue weighted by Crippen LogP contribution is -2.00. The minimum absolute atomic E-state index is 0.266.